The van der Waals surface area contributed by atoms with Gasteiger partial charge in [0.2, 0.25) is 0 Å². The van der Waals surface area contributed by atoms with Gasteiger partial charge in [-0.3, -0.25) is 4.90 Å². The number of pyridine rings is 1. The number of carbonyl (C=O) groups is 1. The molecule has 1 aliphatic heterocycles. The number of benzene rings is 2. The van der Waals surface area contributed by atoms with E-state index in [4.69, 9.17) is 9.97 Å². The Kier molecular flexibility index (Phi) is 9.34. The van der Waals surface area contributed by atoms with Crippen molar-refractivity contribution in [2.24, 2.45) is 0 Å². The molecule has 0 bridgehead atoms. The van der Waals surface area contributed by atoms with E-state index in [0.29, 0.717) is 17.9 Å². The van der Waals surface area contributed by atoms with Crippen LogP contribution in [0.15, 0.2) is 42.5 Å². The van der Waals surface area contributed by atoms with Gasteiger partial charge in [-0.1, -0.05) is 57.9 Å². The standard InChI is InChI=1S/C29H35N5O2.C2H6/c1-3-4-8-25-32-26-27(23-14-13-22(29(35)36)17-24(23)31-28(26)30-2)34(25)19-21-11-9-20(10-12-21)18-33-15-6-5-7-16-33;1-2/h9-14,17H,3-8,15-16,18-19H2,1-2H3,(H,30,31)(H,35,36);1-2H3. The highest BCUT2D eigenvalue weighted by molar-refractivity contribution is 6.08. The van der Waals surface area contributed by atoms with Gasteiger partial charge in [-0.05, 0) is 61.7 Å². The van der Waals surface area contributed by atoms with Crippen LogP contribution in [0.25, 0.3) is 21.9 Å². The van der Waals surface area contributed by atoms with E-state index >= 15 is 0 Å². The average molecular weight is 516 g/mol. The lowest BCUT2D eigenvalue weighted by Crippen LogP contribution is -2.29. The smallest absolute Gasteiger partial charge is 0.335 e. The maximum atomic E-state index is 11.6. The summed E-state index contributed by atoms with van der Waals surface area (Å²) in [5, 5.41) is 13.6. The first kappa shape index (κ1) is 27.6. The number of carboxylic acids is 1. The summed E-state index contributed by atoms with van der Waals surface area (Å²) >= 11 is 0. The van der Waals surface area contributed by atoms with Crippen molar-refractivity contribution in [3.05, 3.63) is 65.0 Å². The fraction of sp³-hybridized carbons (Fsp3) is 0.452. The number of aromatic carboxylic acids is 1. The number of aryl methyl sites for hydroxylation is 1. The molecule has 0 radical (unpaired) electrons. The Morgan fingerprint density at radius 3 is 2.29 bits per heavy atom. The Morgan fingerprint density at radius 1 is 0.974 bits per heavy atom. The highest BCUT2D eigenvalue weighted by atomic mass is 16.4. The van der Waals surface area contributed by atoms with Gasteiger partial charge in [0.25, 0.3) is 0 Å². The molecule has 5 rings (SSSR count). The third-order valence-electron chi connectivity index (χ3n) is 7.21. The van der Waals surface area contributed by atoms with E-state index in [1.807, 2.05) is 27.0 Å². The number of piperidine rings is 1. The average Bonchev–Trinajstić information content (AvgIpc) is 3.31. The van der Waals surface area contributed by atoms with Crippen LogP contribution in [0.5, 0.6) is 0 Å². The van der Waals surface area contributed by atoms with E-state index < -0.39 is 5.97 Å². The number of aromatic nitrogens is 3. The summed E-state index contributed by atoms with van der Waals surface area (Å²) in [5.74, 6) is 0.761. The number of imidazole rings is 1. The van der Waals surface area contributed by atoms with Gasteiger partial charge in [0.05, 0.1) is 16.6 Å². The Morgan fingerprint density at radius 2 is 1.66 bits per heavy atom. The van der Waals surface area contributed by atoms with Crippen molar-refractivity contribution < 1.29 is 9.90 Å². The van der Waals surface area contributed by atoms with Crippen LogP contribution in [-0.4, -0.2) is 50.6 Å². The molecular weight excluding hydrogens is 474 g/mol. The van der Waals surface area contributed by atoms with Crippen LogP contribution in [0.1, 0.15) is 80.2 Å². The van der Waals surface area contributed by atoms with Gasteiger partial charge in [0.15, 0.2) is 5.82 Å². The quantitative estimate of drug-likeness (QED) is 0.257. The van der Waals surface area contributed by atoms with Crippen molar-refractivity contribution in [2.45, 2.75) is 72.4 Å². The van der Waals surface area contributed by atoms with E-state index in [1.54, 1.807) is 12.1 Å². The number of likely N-dealkylation sites (tertiary alicyclic amines) is 1. The third kappa shape index (κ3) is 5.99. The van der Waals surface area contributed by atoms with E-state index in [9.17, 15) is 9.90 Å². The number of hydrogen-bond donors (Lipinski definition) is 2. The second-order valence-electron chi connectivity index (χ2n) is 9.82. The van der Waals surface area contributed by atoms with Crippen molar-refractivity contribution in [1.82, 2.24) is 19.4 Å². The fourth-order valence-electron chi connectivity index (χ4n) is 5.25. The van der Waals surface area contributed by atoms with Gasteiger partial charge in [-0.15, -0.1) is 0 Å². The van der Waals surface area contributed by atoms with Gasteiger partial charge < -0.3 is 15.0 Å². The molecule has 0 aliphatic carbocycles. The number of carboxylic acid groups (broad SMARTS) is 1. The zero-order valence-corrected chi connectivity index (χ0v) is 23.3. The molecule has 0 amide bonds. The number of nitrogens with zero attached hydrogens (tertiary/aromatic N) is 4. The fourth-order valence-corrected chi connectivity index (χ4v) is 5.25. The molecule has 7 nitrogen and oxygen atoms in total. The zero-order valence-electron chi connectivity index (χ0n) is 23.3. The number of anilines is 1. The summed E-state index contributed by atoms with van der Waals surface area (Å²) in [4.78, 5) is 23.9. The van der Waals surface area contributed by atoms with E-state index in [2.05, 4.69) is 46.0 Å². The molecule has 0 saturated carbocycles. The first-order valence-corrected chi connectivity index (χ1v) is 14.1. The molecule has 3 heterocycles. The zero-order chi connectivity index (χ0) is 27.1. The van der Waals surface area contributed by atoms with Crippen LogP contribution in [0.2, 0.25) is 0 Å². The molecule has 7 heteroatoms. The molecule has 2 aromatic heterocycles. The molecule has 4 aromatic rings. The summed E-state index contributed by atoms with van der Waals surface area (Å²) in [6.45, 7) is 10.3. The maximum Gasteiger partial charge on any atom is 0.335 e. The van der Waals surface area contributed by atoms with Gasteiger partial charge in [-0.2, -0.15) is 0 Å². The van der Waals surface area contributed by atoms with Gasteiger partial charge >= 0.3 is 5.97 Å². The van der Waals surface area contributed by atoms with Crippen LogP contribution in [0.3, 0.4) is 0 Å². The minimum Gasteiger partial charge on any atom is -0.478 e. The Hall–Kier alpha value is -3.45. The van der Waals surface area contributed by atoms with E-state index in [1.165, 1.54) is 43.5 Å². The lowest BCUT2D eigenvalue weighted by atomic mass is 10.1. The molecule has 0 spiro atoms. The van der Waals surface area contributed by atoms with E-state index in [0.717, 1.165) is 48.1 Å². The largest absolute Gasteiger partial charge is 0.478 e. The molecule has 2 N–H and O–H groups in total. The lowest BCUT2D eigenvalue weighted by molar-refractivity contribution is 0.0697. The third-order valence-corrected chi connectivity index (χ3v) is 7.21. The molecule has 1 saturated heterocycles. The number of hydrogen-bond acceptors (Lipinski definition) is 5. The summed E-state index contributed by atoms with van der Waals surface area (Å²) in [5.41, 5.74) is 5.32. The van der Waals surface area contributed by atoms with Crippen LogP contribution < -0.4 is 5.32 Å². The number of rotatable bonds is 9. The van der Waals surface area contributed by atoms with Crippen molar-refractivity contribution in [2.75, 3.05) is 25.5 Å². The first-order valence-electron chi connectivity index (χ1n) is 14.1. The summed E-state index contributed by atoms with van der Waals surface area (Å²) in [7, 11) is 1.83. The normalized spacial score (nSPS) is 13.9. The Labute approximate surface area is 225 Å². The second-order valence-corrected chi connectivity index (χ2v) is 9.82. The predicted molar refractivity (Wildman–Crippen MR) is 156 cm³/mol. The monoisotopic (exact) mass is 515 g/mol. The van der Waals surface area contributed by atoms with Crippen molar-refractivity contribution in [3.8, 4) is 0 Å². The summed E-state index contributed by atoms with van der Waals surface area (Å²) < 4.78 is 2.30. The Balaban J connectivity index is 0.00000164. The predicted octanol–water partition coefficient (Wildman–Crippen LogP) is 6.73. The maximum absolute atomic E-state index is 11.6. The Bertz CT molecular complexity index is 1370. The molecule has 1 aliphatic rings. The molecule has 202 valence electrons. The highest BCUT2D eigenvalue weighted by Crippen LogP contribution is 2.32. The summed E-state index contributed by atoms with van der Waals surface area (Å²) in [6.07, 6.45) is 6.99. The molecule has 38 heavy (non-hydrogen) atoms. The highest BCUT2D eigenvalue weighted by Gasteiger charge is 2.19. The van der Waals surface area contributed by atoms with Gasteiger partial charge in [0, 0.05) is 31.9 Å². The van der Waals surface area contributed by atoms with Gasteiger partial charge in [0.1, 0.15) is 11.3 Å². The van der Waals surface area contributed by atoms with Crippen LogP contribution in [-0.2, 0) is 19.5 Å². The van der Waals surface area contributed by atoms with Crippen molar-refractivity contribution >= 4 is 33.7 Å². The number of nitrogens with one attached hydrogen (secondary N) is 1. The second kappa shape index (κ2) is 12.9. The van der Waals surface area contributed by atoms with Crippen molar-refractivity contribution in [3.63, 3.8) is 0 Å². The lowest BCUT2D eigenvalue weighted by Gasteiger charge is -2.26. The van der Waals surface area contributed by atoms with E-state index in [-0.39, 0.29) is 5.56 Å². The SMILES string of the molecule is CC.CCCCc1nc2c(NC)nc3cc(C(=O)O)ccc3c2n1Cc1ccc(CN2CCCCC2)cc1. The number of unbranched alkanes of at least 4 members (excludes halogenated alkanes) is 1. The topological polar surface area (TPSA) is 83.3 Å². The molecular formula is C31H41N5O2. The molecule has 2 aromatic carbocycles. The molecule has 0 unspecified atom stereocenters. The minimum atomic E-state index is -0.952. The van der Waals surface area contributed by atoms with Gasteiger partial charge in [-0.25, -0.2) is 14.8 Å². The minimum absolute atomic E-state index is 0.234. The molecule has 0 atom stereocenters. The van der Waals surface area contributed by atoms with Crippen LogP contribution >= 0.6 is 0 Å². The first-order chi connectivity index (χ1) is 18.6. The molecule has 1 fully saturated rings. The van der Waals surface area contributed by atoms with Crippen LogP contribution in [0.4, 0.5) is 5.82 Å². The van der Waals surface area contributed by atoms with Crippen LogP contribution in [0, 0.1) is 0 Å². The number of fused-ring (bicyclic) bond motifs is 3. The summed E-state index contributed by atoms with van der Waals surface area (Å²) in [6, 6.07) is 14.2. The van der Waals surface area contributed by atoms with Crippen molar-refractivity contribution in [1.29, 1.82) is 0 Å².